The average molecular weight is 290 g/mol. The number of para-hydroxylation sites is 1. The quantitative estimate of drug-likeness (QED) is 0.920. The van der Waals surface area contributed by atoms with Crippen molar-refractivity contribution in [2.24, 2.45) is 5.92 Å². The van der Waals surface area contributed by atoms with Crippen LogP contribution in [0.2, 0.25) is 0 Å². The summed E-state index contributed by atoms with van der Waals surface area (Å²) in [4.78, 5) is 2.59. The van der Waals surface area contributed by atoms with Crippen LogP contribution >= 0.6 is 0 Å². The lowest BCUT2D eigenvalue weighted by Gasteiger charge is -2.43. The zero-order chi connectivity index (χ0) is 14.7. The van der Waals surface area contributed by atoms with Crippen LogP contribution in [0.25, 0.3) is 0 Å². The van der Waals surface area contributed by atoms with Crippen molar-refractivity contribution < 1.29 is 9.47 Å². The van der Waals surface area contributed by atoms with Gasteiger partial charge in [-0.2, -0.15) is 0 Å². The molecule has 4 heteroatoms. The van der Waals surface area contributed by atoms with Gasteiger partial charge < -0.3 is 14.8 Å². The summed E-state index contributed by atoms with van der Waals surface area (Å²) in [5, 5.41) is 3.50. The molecule has 4 nitrogen and oxygen atoms in total. The zero-order valence-corrected chi connectivity index (χ0v) is 13.0. The molecule has 2 heterocycles. The molecular formula is C17H26N2O2. The molecule has 0 saturated carbocycles. The highest BCUT2D eigenvalue weighted by molar-refractivity contribution is 5.38. The first-order valence-corrected chi connectivity index (χ1v) is 7.95. The molecule has 21 heavy (non-hydrogen) atoms. The van der Waals surface area contributed by atoms with Crippen molar-refractivity contribution in [3.8, 4) is 5.75 Å². The number of hydrogen-bond acceptors (Lipinski definition) is 4. The molecule has 2 atom stereocenters. The number of ether oxygens (including phenoxy) is 2. The van der Waals surface area contributed by atoms with Crippen molar-refractivity contribution in [1.82, 2.24) is 10.2 Å². The van der Waals surface area contributed by atoms with E-state index < -0.39 is 0 Å². The highest BCUT2D eigenvalue weighted by Gasteiger charge is 2.35. The van der Waals surface area contributed by atoms with Crippen LogP contribution in [0.15, 0.2) is 24.3 Å². The van der Waals surface area contributed by atoms with E-state index in [4.69, 9.17) is 9.47 Å². The maximum absolute atomic E-state index is 5.99. The highest BCUT2D eigenvalue weighted by atomic mass is 16.5. The predicted octanol–water partition coefficient (Wildman–Crippen LogP) is 2.07. The Hall–Kier alpha value is -1.10. The van der Waals surface area contributed by atoms with Gasteiger partial charge in [-0.25, -0.2) is 0 Å². The molecule has 0 aliphatic carbocycles. The van der Waals surface area contributed by atoms with E-state index in [-0.39, 0.29) is 0 Å². The van der Waals surface area contributed by atoms with Gasteiger partial charge in [-0.15, -0.1) is 0 Å². The number of piperidine rings is 1. The van der Waals surface area contributed by atoms with Crippen LogP contribution in [0.3, 0.4) is 0 Å². The SMILES string of the molecule is CNC1c2ccccc2OCC1N1CCC(COC)CC1. The monoisotopic (exact) mass is 290 g/mol. The lowest BCUT2D eigenvalue weighted by molar-refractivity contribution is 0.0406. The standard InChI is InChI=1S/C17H26N2O2/c1-18-17-14-5-3-4-6-16(14)21-12-15(17)19-9-7-13(8-10-19)11-20-2/h3-6,13,15,17-18H,7-12H2,1-2H3. The number of nitrogens with zero attached hydrogens (tertiary/aromatic N) is 1. The van der Waals surface area contributed by atoms with Gasteiger partial charge in [-0.3, -0.25) is 4.90 Å². The Morgan fingerprint density at radius 1 is 1.29 bits per heavy atom. The topological polar surface area (TPSA) is 33.7 Å². The van der Waals surface area contributed by atoms with Crippen LogP contribution < -0.4 is 10.1 Å². The van der Waals surface area contributed by atoms with Gasteiger partial charge >= 0.3 is 0 Å². The first-order chi connectivity index (χ1) is 10.3. The van der Waals surface area contributed by atoms with Crippen molar-refractivity contribution in [3.63, 3.8) is 0 Å². The Morgan fingerprint density at radius 2 is 2.05 bits per heavy atom. The van der Waals surface area contributed by atoms with Gasteiger partial charge in [0.1, 0.15) is 12.4 Å². The first-order valence-electron chi connectivity index (χ1n) is 7.95. The molecule has 1 fully saturated rings. The van der Waals surface area contributed by atoms with E-state index in [0.29, 0.717) is 12.1 Å². The second-order valence-corrected chi connectivity index (χ2v) is 6.12. The van der Waals surface area contributed by atoms with Crippen molar-refractivity contribution in [2.75, 3.05) is 40.5 Å². The fraction of sp³-hybridized carbons (Fsp3) is 0.647. The maximum Gasteiger partial charge on any atom is 0.124 e. The van der Waals surface area contributed by atoms with E-state index in [2.05, 4.69) is 35.5 Å². The molecule has 1 aromatic rings. The van der Waals surface area contributed by atoms with Crippen molar-refractivity contribution >= 4 is 0 Å². The fourth-order valence-electron chi connectivity index (χ4n) is 3.70. The third-order valence-electron chi connectivity index (χ3n) is 4.88. The van der Waals surface area contributed by atoms with Crippen LogP contribution in [-0.4, -0.2) is 51.4 Å². The molecule has 3 rings (SSSR count). The van der Waals surface area contributed by atoms with Gasteiger partial charge in [0, 0.05) is 19.3 Å². The Balaban J connectivity index is 1.69. The van der Waals surface area contributed by atoms with Gasteiger partial charge in [0.25, 0.3) is 0 Å². The summed E-state index contributed by atoms with van der Waals surface area (Å²) in [6.45, 7) is 3.95. The highest BCUT2D eigenvalue weighted by Crippen LogP contribution is 2.35. The Bertz CT molecular complexity index is 458. The number of rotatable bonds is 4. The minimum absolute atomic E-state index is 0.355. The summed E-state index contributed by atoms with van der Waals surface area (Å²) in [5.74, 6) is 1.75. The lowest BCUT2D eigenvalue weighted by Crippen LogP contribution is -2.52. The molecule has 2 aliphatic rings. The lowest BCUT2D eigenvalue weighted by atomic mass is 9.91. The van der Waals surface area contributed by atoms with E-state index in [1.54, 1.807) is 7.11 Å². The van der Waals surface area contributed by atoms with E-state index in [9.17, 15) is 0 Å². The molecule has 0 spiro atoms. The van der Waals surface area contributed by atoms with Crippen LogP contribution in [-0.2, 0) is 4.74 Å². The second-order valence-electron chi connectivity index (χ2n) is 6.12. The summed E-state index contributed by atoms with van der Waals surface area (Å²) in [6, 6.07) is 9.17. The normalized spacial score (nSPS) is 27.1. The van der Waals surface area contributed by atoms with Gasteiger partial charge in [0.2, 0.25) is 0 Å². The zero-order valence-electron chi connectivity index (χ0n) is 13.0. The Morgan fingerprint density at radius 3 is 2.76 bits per heavy atom. The van der Waals surface area contributed by atoms with Crippen LogP contribution in [0, 0.1) is 5.92 Å². The second kappa shape index (κ2) is 6.77. The molecule has 1 aromatic carbocycles. The third kappa shape index (κ3) is 3.07. The average Bonchev–Trinajstić information content (AvgIpc) is 2.55. The molecule has 0 amide bonds. The molecule has 0 aromatic heterocycles. The van der Waals surface area contributed by atoms with Crippen LogP contribution in [0.5, 0.6) is 5.75 Å². The summed E-state index contributed by atoms with van der Waals surface area (Å²) in [6.07, 6.45) is 2.45. The molecule has 1 saturated heterocycles. The number of methoxy groups -OCH3 is 1. The number of likely N-dealkylation sites (tertiary alicyclic amines) is 1. The largest absolute Gasteiger partial charge is 0.492 e. The number of nitrogens with one attached hydrogen (secondary N) is 1. The molecule has 2 aliphatic heterocycles. The van der Waals surface area contributed by atoms with E-state index in [1.165, 1.54) is 18.4 Å². The van der Waals surface area contributed by atoms with Crippen molar-refractivity contribution in [2.45, 2.75) is 24.9 Å². The third-order valence-corrected chi connectivity index (χ3v) is 4.88. The van der Waals surface area contributed by atoms with E-state index in [1.807, 2.05) is 6.07 Å². The summed E-state index contributed by atoms with van der Waals surface area (Å²) >= 11 is 0. The first kappa shape index (κ1) is 14.8. The number of fused-ring (bicyclic) bond motifs is 1. The fourth-order valence-corrected chi connectivity index (χ4v) is 3.70. The number of likely N-dealkylation sites (N-methyl/N-ethyl adjacent to an activating group) is 1. The van der Waals surface area contributed by atoms with Gasteiger partial charge in [-0.1, -0.05) is 18.2 Å². The summed E-state index contributed by atoms with van der Waals surface area (Å²) in [7, 11) is 3.85. The van der Waals surface area contributed by atoms with Gasteiger partial charge in [0.05, 0.1) is 12.1 Å². The smallest absolute Gasteiger partial charge is 0.124 e. The maximum atomic E-state index is 5.99. The minimum atomic E-state index is 0.355. The molecular weight excluding hydrogens is 264 g/mol. The molecule has 1 N–H and O–H groups in total. The van der Waals surface area contributed by atoms with Crippen LogP contribution in [0.4, 0.5) is 0 Å². The minimum Gasteiger partial charge on any atom is -0.492 e. The molecule has 2 unspecified atom stereocenters. The van der Waals surface area contributed by atoms with Crippen molar-refractivity contribution in [1.29, 1.82) is 0 Å². The van der Waals surface area contributed by atoms with Crippen molar-refractivity contribution in [3.05, 3.63) is 29.8 Å². The molecule has 0 bridgehead atoms. The summed E-state index contributed by atoms with van der Waals surface area (Å²) < 4.78 is 11.3. The van der Waals surface area contributed by atoms with Gasteiger partial charge in [-0.05, 0) is 45.0 Å². The van der Waals surface area contributed by atoms with Crippen LogP contribution in [0.1, 0.15) is 24.4 Å². The number of benzene rings is 1. The van der Waals surface area contributed by atoms with E-state index >= 15 is 0 Å². The summed E-state index contributed by atoms with van der Waals surface area (Å²) in [5.41, 5.74) is 1.29. The number of hydrogen-bond donors (Lipinski definition) is 1. The predicted molar refractivity (Wildman–Crippen MR) is 83.7 cm³/mol. The Kier molecular flexibility index (Phi) is 4.78. The van der Waals surface area contributed by atoms with E-state index in [0.717, 1.165) is 38.0 Å². The Labute approximate surface area is 127 Å². The molecule has 116 valence electrons. The molecule has 0 radical (unpaired) electrons. The van der Waals surface area contributed by atoms with Gasteiger partial charge in [0.15, 0.2) is 0 Å².